The molecule has 0 atom stereocenters. The molecule has 0 unspecified atom stereocenters. The average Bonchev–Trinajstić information content (AvgIpc) is 2.97. The van der Waals surface area contributed by atoms with Crippen LogP contribution in [0.25, 0.3) is 0 Å². The summed E-state index contributed by atoms with van der Waals surface area (Å²) in [5.41, 5.74) is 1.49. The van der Waals surface area contributed by atoms with E-state index in [-0.39, 0.29) is 17.4 Å². The van der Waals surface area contributed by atoms with Gasteiger partial charge in [0.15, 0.2) is 5.69 Å². The van der Waals surface area contributed by atoms with Crippen molar-refractivity contribution in [2.45, 2.75) is 12.2 Å². The number of aromatic nitrogens is 2. The number of carbonyl (C=O) groups excluding carboxylic acids is 1. The molecule has 0 saturated heterocycles. The molecule has 0 aromatic carbocycles. The lowest BCUT2D eigenvalue weighted by Gasteiger charge is -2.08. The monoisotopic (exact) mass is 322 g/mol. The fourth-order valence-corrected chi connectivity index (χ4v) is 4.44. The summed E-state index contributed by atoms with van der Waals surface area (Å²) in [5, 5.41) is 0. The number of aryl methyl sites for hydroxylation is 1. The van der Waals surface area contributed by atoms with Crippen LogP contribution in [0.4, 0.5) is 0 Å². The van der Waals surface area contributed by atoms with Crippen molar-refractivity contribution in [3.63, 3.8) is 0 Å². The molecular formula is C14H14N2O3S2. The first kappa shape index (κ1) is 14.3. The highest BCUT2D eigenvalue weighted by atomic mass is 32.2. The van der Waals surface area contributed by atoms with E-state index in [4.69, 9.17) is 9.47 Å². The van der Waals surface area contributed by atoms with Gasteiger partial charge >= 0.3 is 0 Å². The Bertz CT molecular complexity index is 661. The number of methoxy groups -OCH3 is 2. The van der Waals surface area contributed by atoms with Crippen LogP contribution in [0.2, 0.25) is 0 Å². The summed E-state index contributed by atoms with van der Waals surface area (Å²) in [4.78, 5) is 22.9. The second kappa shape index (κ2) is 6.03. The molecule has 3 rings (SSSR count). The SMILES string of the molecule is COc1cnc(C(=O)c2cc3c(s2)CCSC3)c(OC)n1. The number of hydrogen-bond acceptors (Lipinski definition) is 7. The van der Waals surface area contributed by atoms with Crippen LogP contribution >= 0.6 is 23.1 Å². The molecule has 0 bridgehead atoms. The third-order valence-electron chi connectivity index (χ3n) is 3.19. The molecule has 21 heavy (non-hydrogen) atoms. The zero-order chi connectivity index (χ0) is 14.8. The van der Waals surface area contributed by atoms with Gasteiger partial charge in [0.2, 0.25) is 17.5 Å². The third kappa shape index (κ3) is 2.75. The minimum atomic E-state index is -0.147. The van der Waals surface area contributed by atoms with Crippen LogP contribution in [0.15, 0.2) is 12.3 Å². The van der Waals surface area contributed by atoms with E-state index in [0.717, 1.165) is 17.9 Å². The van der Waals surface area contributed by atoms with Crippen molar-refractivity contribution < 1.29 is 14.3 Å². The van der Waals surface area contributed by atoms with Gasteiger partial charge in [0.25, 0.3) is 0 Å². The van der Waals surface area contributed by atoms with Gasteiger partial charge in [-0.1, -0.05) is 0 Å². The number of ketones is 1. The summed E-state index contributed by atoms with van der Waals surface area (Å²) >= 11 is 3.45. The first-order valence-corrected chi connectivity index (χ1v) is 8.39. The minimum Gasteiger partial charge on any atom is -0.480 e. The molecule has 0 aliphatic carbocycles. The maximum Gasteiger partial charge on any atom is 0.247 e. The lowest BCUT2D eigenvalue weighted by atomic mass is 10.2. The van der Waals surface area contributed by atoms with Gasteiger partial charge in [0.05, 0.1) is 25.3 Å². The number of carbonyl (C=O) groups is 1. The molecule has 0 radical (unpaired) electrons. The number of thiophene rings is 1. The Hall–Kier alpha value is -1.60. The largest absolute Gasteiger partial charge is 0.480 e. The molecule has 2 aromatic rings. The Morgan fingerprint density at radius 3 is 2.90 bits per heavy atom. The molecule has 1 aliphatic heterocycles. The van der Waals surface area contributed by atoms with Gasteiger partial charge in [-0.2, -0.15) is 16.7 Å². The van der Waals surface area contributed by atoms with Crippen LogP contribution in [0, 0.1) is 0 Å². The molecule has 110 valence electrons. The normalized spacial score (nSPS) is 13.6. The molecule has 1 aliphatic rings. The van der Waals surface area contributed by atoms with E-state index in [0.29, 0.717) is 10.8 Å². The van der Waals surface area contributed by atoms with E-state index in [2.05, 4.69) is 9.97 Å². The van der Waals surface area contributed by atoms with E-state index >= 15 is 0 Å². The van der Waals surface area contributed by atoms with Gasteiger partial charge in [0, 0.05) is 10.6 Å². The Morgan fingerprint density at radius 2 is 2.19 bits per heavy atom. The van der Waals surface area contributed by atoms with Crippen molar-refractivity contribution in [3.8, 4) is 11.8 Å². The van der Waals surface area contributed by atoms with Crippen LogP contribution in [-0.2, 0) is 12.2 Å². The van der Waals surface area contributed by atoms with Crippen LogP contribution in [-0.4, -0.2) is 35.7 Å². The summed E-state index contributed by atoms with van der Waals surface area (Å²) in [5.74, 6) is 2.47. The molecule has 3 heterocycles. The molecule has 0 saturated carbocycles. The quantitative estimate of drug-likeness (QED) is 0.806. The standard InChI is InChI=1S/C14H14N2O3S2/c1-18-11-6-15-12(14(16-11)19-2)13(17)10-5-8-7-20-4-3-9(8)21-10/h5-6H,3-4,7H2,1-2H3. The van der Waals surface area contributed by atoms with E-state index in [1.165, 1.54) is 30.9 Å². The number of nitrogens with zero attached hydrogens (tertiary/aromatic N) is 2. The van der Waals surface area contributed by atoms with Gasteiger partial charge in [-0.15, -0.1) is 11.3 Å². The number of ether oxygens (including phenoxy) is 2. The van der Waals surface area contributed by atoms with E-state index in [1.54, 1.807) is 11.3 Å². The molecule has 0 fully saturated rings. The molecule has 0 amide bonds. The second-order valence-corrected chi connectivity index (χ2v) is 6.70. The molecule has 7 heteroatoms. The number of hydrogen-bond donors (Lipinski definition) is 0. The smallest absolute Gasteiger partial charge is 0.247 e. The number of fused-ring (bicyclic) bond motifs is 1. The highest BCUT2D eigenvalue weighted by molar-refractivity contribution is 7.98. The first-order valence-electron chi connectivity index (χ1n) is 6.42. The summed E-state index contributed by atoms with van der Waals surface area (Å²) in [6.07, 6.45) is 2.46. The van der Waals surface area contributed by atoms with Gasteiger partial charge in [-0.25, -0.2) is 4.98 Å². The second-order valence-electron chi connectivity index (χ2n) is 4.46. The number of thioether (sulfide) groups is 1. The zero-order valence-electron chi connectivity index (χ0n) is 11.7. The Kier molecular flexibility index (Phi) is 4.12. The van der Waals surface area contributed by atoms with E-state index < -0.39 is 0 Å². The van der Waals surface area contributed by atoms with Crippen molar-refractivity contribution in [2.75, 3.05) is 20.0 Å². The summed E-state index contributed by atoms with van der Waals surface area (Å²) in [7, 11) is 2.96. The zero-order valence-corrected chi connectivity index (χ0v) is 13.3. The Balaban J connectivity index is 1.96. The van der Waals surface area contributed by atoms with Crippen molar-refractivity contribution in [1.82, 2.24) is 9.97 Å². The first-order chi connectivity index (χ1) is 10.2. The van der Waals surface area contributed by atoms with Gasteiger partial charge in [-0.3, -0.25) is 4.79 Å². The Morgan fingerprint density at radius 1 is 1.33 bits per heavy atom. The topological polar surface area (TPSA) is 61.3 Å². The average molecular weight is 322 g/mol. The van der Waals surface area contributed by atoms with Gasteiger partial charge in [0.1, 0.15) is 0 Å². The maximum atomic E-state index is 12.6. The number of rotatable bonds is 4. The molecule has 5 nitrogen and oxygen atoms in total. The van der Waals surface area contributed by atoms with Crippen LogP contribution in [0.5, 0.6) is 11.8 Å². The van der Waals surface area contributed by atoms with Crippen LogP contribution < -0.4 is 9.47 Å². The third-order valence-corrected chi connectivity index (χ3v) is 5.43. The van der Waals surface area contributed by atoms with E-state index in [1.807, 2.05) is 17.8 Å². The molecular weight excluding hydrogens is 308 g/mol. The molecule has 0 N–H and O–H groups in total. The Labute approximate surface area is 130 Å². The lowest BCUT2D eigenvalue weighted by molar-refractivity contribution is 0.103. The predicted molar refractivity (Wildman–Crippen MR) is 82.8 cm³/mol. The summed E-state index contributed by atoms with van der Waals surface area (Å²) in [6, 6.07) is 1.97. The van der Waals surface area contributed by atoms with Crippen LogP contribution in [0.1, 0.15) is 25.8 Å². The fraction of sp³-hybridized carbons (Fsp3) is 0.357. The van der Waals surface area contributed by atoms with Crippen molar-refractivity contribution in [1.29, 1.82) is 0 Å². The molecule has 0 spiro atoms. The van der Waals surface area contributed by atoms with Crippen LogP contribution in [0.3, 0.4) is 0 Å². The van der Waals surface area contributed by atoms with Crippen molar-refractivity contribution in [2.24, 2.45) is 0 Å². The molecule has 2 aromatic heterocycles. The fourth-order valence-electron chi connectivity index (χ4n) is 2.13. The van der Waals surface area contributed by atoms with Gasteiger partial charge < -0.3 is 9.47 Å². The highest BCUT2D eigenvalue weighted by Gasteiger charge is 2.23. The lowest BCUT2D eigenvalue weighted by Crippen LogP contribution is -2.07. The minimum absolute atomic E-state index is 0.147. The van der Waals surface area contributed by atoms with Crippen molar-refractivity contribution >= 4 is 28.9 Å². The predicted octanol–water partition coefficient (Wildman–Crippen LogP) is 2.58. The maximum absolute atomic E-state index is 12.6. The van der Waals surface area contributed by atoms with Gasteiger partial charge in [-0.05, 0) is 23.8 Å². The van der Waals surface area contributed by atoms with E-state index in [9.17, 15) is 4.79 Å². The highest BCUT2D eigenvalue weighted by Crippen LogP contribution is 2.33. The van der Waals surface area contributed by atoms with Crippen molar-refractivity contribution in [3.05, 3.63) is 33.3 Å². The summed E-state index contributed by atoms with van der Waals surface area (Å²) < 4.78 is 10.2. The summed E-state index contributed by atoms with van der Waals surface area (Å²) in [6.45, 7) is 0.